The second-order valence-electron chi connectivity index (χ2n) is 9.80. The number of fused-ring (bicyclic) bond motifs is 2. The Balaban J connectivity index is 1.35. The monoisotopic (exact) mass is 534 g/mol. The summed E-state index contributed by atoms with van der Waals surface area (Å²) in [4.78, 5) is 9.70. The van der Waals surface area contributed by atoms with Crippen LogP contribution in [0.2, 0.25) is 0 Å². The van der Waals surface area contributed by atoms with E-state index in [9.17, 15) is 17.6 Å². The van der Waals surface area contributed by atoms with Crippen LogP contribution in [0.5, 0.6) is 5.75 Å². The van der Waals surface area contributed by atoms with Crippen LogP contribution >= 0.6 is 0 Å². The number of H-pyrrole nitrogens is 1. The van der Waals surface area contributed by atoms with Gasteiger partial charge in [0.2, 0.25) is 0 Å². The van der Waals surface area contributed by atoms with Crippen LogP contribution in [0.15, 0.2) is 72.9 Å². The molecule has 1 fully saturated rings. The average molecular weight is 535 g/mol. The molecule has 6 rings (SSSR count). The zero-order chi connectivity index (χ0) is 27.1. The molecule has 3 heterocycles. The minimum Gasteiger partial charge on any atom is -0.490 e. The smallest absolute Gasteiger partial charge is 0.416 e. The number of hydrogen-bond donors (Lipinski definition) is 2. The summed E-state index contributed by atoms with van der Waals surface area (Å²) in [6.07, 6.45) is -1.59. The van der Waals surface area contributed by atoms with Crippen molar-refractivity contribution < 1.29 is 22.3 Å². The van der Waals surface area contributed by atoms with E-state index in [1.165, 1.54) is 12.3 Å². The highest BCUT2D eigenvalue weighted by Gasteiger charge is 2.32. The minimum atomic E-state index is -4.48. The Morgan fingerprint density at radius 2 is 1.72 bits per heavy atom. The SMILES string of the molecule is Cc1c(Nc2ccc3c(F)c[nH]c3c2)nc2cc(C(F)(F)F)ccc2c1N1CCC(Oc2ccccc2)CC1. The molecule has 200 valence electrons. The fraction of sp³-hybridized carbons (Fsp3) is 0.233. The zero-order valence-electron chi connectivity index (χ0n) is 21.1. The first kappa shape index (κ1) is 25.0. The summed E-state index contributed by atoms with van der Waals surface area (Å²) in [5.41, 5.74) is 2.43. The maximum absolute atomic E-state index is 13.9. The Morgan fingerprint density at radius 3 is 2.46 bits per heavy atom. The number of rotatable bonds is 5. The van der Waals surface area contributed by atoms with Gasteiger partial charge in [0.05, 0.1) is 22.3 Å². The maximum Gasteiger partial charge on any atom is 0.416 e. The van der Waals surface area contributed by atoms with Gasteiger partial charge < -0.3 is 19.9 Å². The molecule has 9 heteroatoms. The highest BCUT2D eigenvalue weighted by atomic mass is 19.4. The molecule has 0 amide bonds. The fourth-order valence-corrected chi connectivity index (χ4v) is 5.24. The van der Waals surface area contributed by atoms with Crippen molar-refractivity contribution in [3.05, 3.63) is 89.9 Å². The van der Waals surface area contributed by atoms with Crippen molar-refractivity contribution in [1.82, 2.24) is 9.97 Å². The van der Waals surface area contributed by atoms with Gasteiger partial charge in [0.1, 0.15) is 23.5 Å². The number of aromatic nitrogens is 2. The third kappa shape index (κ3) is 4.96. The molecule has 1 aliphatic rings. The van der Waals surface area contributed by atoms with Gasteiger partial charge >= 0.3 is 6.18 Å². The molecule has 3 aromatic carbocycles. The predicted octanol–water partition coefficient (Wildman–Crippen LogP) is 7.97. The highest BCUT2D eigenvalue weighted by molar-refractivity contribution is 5.97. The molecule has 0 saturated carbocycles. The normalized spacial score (nSPS) is 14.7. The molecule has 39 heavy (non-hydrogen) atoms. The average Bonchev–Trinajstić information content (AvgIpc) is 3.29. The fourth-order valence-electron chi connectivity index (χ4n) is 5.24. The molecular formula is C30H26F4N4O. The van der Waals surface area contributed by atoms with Crippen molar-refractivity contribution >= 4 is 39.0 Å². The van der Waals surface area contributed by atoms with Crippen LogP contribution in [-0.2, 0) is 6.18 Å². The van der Waals surface area contributed by atoms with Crippen molar-refractivity contribution in [3.8, 4) is 5.75 Å². The van der Waals surface area contributed by atoms with Crippen molar-refractivity contribution in [2.24, 2.45) is 0 Å². The molecule has 0 aliphatic carbocycles. The summed E-state index contributed by atoms with van der Waals surface area (Å²) < 4.78 is 60.8. The second kappa shape index (κ2) is 9.80. The van der Waals surface area contributed by atoms with Gasteiger partial charge in [-0.15, -0.1) is 0 Å². The molecule has 5 aromatic rings. The van der Waals surface area contributed by atoms with Crippen LogP contribution < -0.4 is 15.0 Å². The van der Waals surface area contributed by atoms with Gasteiger partial charge in [-0.25, -0.2) is 9.37 Å². The summed E-state index contributed by atoms with van der Waals surface area (Å²) in [5.74, 6) is 0.926. The standard InChI is InChI=1S/C30H26F4N4O/c1-18-28(38-13-11-22(12-14-38)39-21-5-3-2-4-6-21)24-9-7-19(30(32,33)34)15-27(24)37-29(18)36-20-8-10-23-25(31)17-35-26(23)16-20/h2-10,15-17,22,35H,11-14H2,1H3,(H,36,37). The van der Waals surface area contributed by atoms with Crippen LogP contribution in [0.3, 0.4) is 0 Å². The molecule has 2 aromatic heterocycles. The van der Waals surface area contributed by atoms with E-state index in [-0.39, 0.29) is 17.4 Å². The van der Waals surface area contributed by atoms with Gasteiger partial charge in [-0.1, -0.05) is 24.3 Å². The van der Waals surface area contributed by atoms with Gasteiger partial charge in [0, 0.05) is 54.2 Å². The van der Waals surface area contributed by atoms with Crippen LogP contribution in [0.4, 0.5) is 34.8 Å². The number of nitrogens with one attached hydrogen (secondary N) is 2. The Bertz CT molecular complexity index is 1640. The molecule has 0 radical (unpaired) electrons. The minimum absolute atomic E-state index is 0.0550. The number of benzene rings is 3. The summed E-state index contributed by atoms with van der Waals surface area (Å²) >= 11 is 0. The first-order chi connectivity index (χ1) is 18.8. The van der Waals surface area contributed by atoms with Crippen LogP contribution in [0.25, 0.3) is 21.8 Å². The predicted molar refractivity (Wildman–Crippen MR) is 145 cm³/mol. The van der Waals surface area contributed by atoms with E-state index >= 15 is 0 Å². The Kier molecular flexibility index (Phi) is 6.29. The molecular weight excluding hydrogens is 508 g/mol. The quantitative estimate of drug-likeness (QED) is 0.225. The summed E-state index contributed by atoms with van der Waals surface area (Å²) in [6, 6.07) is 18.5. The topological polar surface area (TPSA) is 53.2 Å². The van der Waals surface area contributed by atoms with Crippen LogP contribution in [-0.4, -0.2) is 29.2 Å². The highest BCUT2D eigenvalue weighted by Crippen LogP contribution is 2.39. The number of anilines is 3. The third-order valence-electron chi connectivity index (χ3n) is 7.22. The van der Waals surface area contributed by atoms with Crippen molar-refractivity contribution in [3.63, 3.8) is 0 Å². The Hall–Kier alpha value is -4.27. The molecule has 5 nitrogen and oxygen atoms in total. The Labute approximate surface area is 222 Å². The lowest BCUT2D eigenvalue weighted by molar-refractivity contribution is -0.137. The van der Waals surface area contributed by atoms with E-state index in [0.29, 0.717) is 40.9 Å². The summed E-state index contributed by atoms with van der Waals surface area (Å²) in [5, 5.41) is 4.38. The van der Waals surface area contributed by atoms with E-state index < -0.39 is 11.7 Å². The number of nitrogens with zero attached hydrogens (tertiary/aromatic N) is 2. The third-order valence-corrected chi connectivity index (χ3v) is 7.22. The lowest BCUT2D eigenvalue weighted by atomic mass is 10.0. The lowest BCUT2D eigenvalue weighted by Crippen LogP contribution is -2.38. The van der Waals surface area contributed by atoms with Gasteiger partial charge in [-0.05, 0) is 49.4 Å². The van der Waals surface area contributed by atoms with E-state index in [2.05, 4.69) is 20.2 Å². The number of halogens is 4. The molecule has 0 bridgehead atoms. The molecule has 2 N–H and O–H groups in total. The van der Waals surface area contributed by atoms with Crippen molar-refractivity contribution in [1.29, 1.82) is 0 Å². The number of hydrogen-bond acceptors (Lipinski definition) is 4. The molecule has 1 saturated heterocycles. The number of aromatic amines is 1. The second-order valence-corrected chi connectivity index (χ2v) is 9.80. The Morgan fingerprint density at radius 1 is 0.974 bits per heavy atom. The number of pyridine rings is 1. The summed E-state index contributed by atoms with van der Waals surface area (Å²) in [7, 11) is 0. The number of alkyl halides is 3. The first-order valence-electron chi connectivity index (χ1n) is 12.8. The van der Waals surface area contributed by atoms with E-state index in [1.54, 1.807) is 18.2 Å². The van der Waals surface area contributed by atoms with E-state index in [0.717, 1.165) is 42.0 Å². The number of ether oxygens (including phenoxy) is 1. The molecule has 0 unspecified atom stereocenters. The molecule has 0 atom stereocenters. The first-order valence-corrected chi connectivity index (χ1v) is 12.8. The van der Waals surface area contributed by atoms with Gasteiger partial charge in [0.25, 0.3) is 0 Å². The lowest BCUT2D eigenvalue weighted by Gasteiger charge is -2.35. The number of piperidine rings is 1. The van der Waals surface area contributed by atoms with E-state index in [4.69, 9.17) is 4.74 Å². The van der Waals surface area contributed by atoms with Gasteiger partial charge in [-0.2, -0.15) is 13.2 Å². The number of para-hydroxylation sites is 1. The van der Waals surface area contributed by atoms with Crippen LogP contribution in [0.1, 0.15) is 24.0 Å². The molecule has 1 aliphatic heterocycles. The van der Waals surface area contributed by atoms with Crippen LogP contribution in [0, 0.1) is 12.7 Å². The van der Waals surface area contributed by atoms with Gasteiger partial charge in [0.15, 0.2) is 0 Å². The molecule has 0 spiro atoms. The van der Waals surface area contributed by atoms with Gasteiger partial charge in [-0.3, -0.25) is 0 Å². The summed E-state index contributed by atoms with van der Waals surface area (Å²) in [6.45, 7) is 3.29. The maximum atomic E-state index is 13.9. The largest absolute Gasteiger partial charge is 0.490 e. The van der Waals surface area contributed by atoms with E-state index in [1.807, 2.05) is 37.3 Å². The zero-order valence-corrected chi connectivity index (χ0v) is 21.1. The van der Waals surface area contributed by atoms with Crippen molar-refractivity contribution in [2.75, 3.05) is 23.3 Å². The van der Waals surface area contributed by atoms with Crippen molar-refractivity contribution in [2.45, 2.75) is 32.0 Å².